The van der Waals surface area contributed by atoms with E-state index in [-0.39, 0.29) is 6.09 Å². The molecule has 0 aliphatic carbocycles. The number of carbonyl (C=O) groups is 1. The summed E-state index contributed by atoms with van der Waals surface area (Å²) < 4.78 is 5.36. The molecule has 2 heterocycles. The maximum atomic E-state index is 12.0. The van der Waals surface area contributed by atoms with Gasteiger partial charge in [0.2, 0.25) is 0 Å². The predicted octanol–water partition coefficient (Wildman–Crippen LogP) is 2.09. The average molecular weight is 277 g/mol. The molecule has 5 nitrogen and oxygen atoms in total. The van der Waals surface area contributed by atoms with Crippen LogP contribution in [0.3, 0.4) is 0 Å². The van der Waals surface area contributed by atoms with Gasteiger partial charge in [0.25, 0.3) is 0 Å². The van der Waals surface area contributed by atoms with Crippen molar-refractivity contribution < 1.29 is 9.53 Å². The summed E-state index contributed by atoms with van der Waals surface area (Å²) in [5.41, 5.74) is 3.04. The zero-order valence-electron chi connectivity index (χ0n) is 12.7. The Morgan fingerprint density at radius 2 is 2.25 bits per heavy atom. The van der Waals surface area contributed by atoms with Gasteiger partial charge >= 0.3 is 6.09 Å². The van der Waals surface area contributed by atoms with Crippen LogP contribution in [-0.4, -0.2) is 35.2 Å². The molecule has 0 fully saturated rings. The summed E-state index contributed by atoms with van der Waals surface area (Å²) in [6.07, 6.45) is 2.45. The fourth-order valence-electron chi connectivity index (χ4n) is 2.25. The van der Waals surface area contributed by atoms with Crippen molar-refractivity contribution in [2.24, 2.45) is 0 Å². The van der Waals surface area contributed by atoms with Gasteiger partial charge in [0.15, 0.2) is 0 Å². The lowest BCUT2D eigenvalue weighted by atomic mass is 10.00. The number of nitrogens with zero attached hydrogens (tertiary/aromatic N) is 2. The summed E-state index contributed by atoms with van der Waals surface area (Å²) in [7, 11) is 1.75. The summed E-state index contributed by atoms with van der Waals surface area (Å²) in [5, 5.41) is 3.34. The van der Waals surface area contributed by atoms with Gasteiger partial charge in [-0.1, -0.05) is 0 Å². The van der Waals surface area contributed by atoms with Gasteiger partial charge in [-0.25, -0.2) is 4.79 Å². The van der Waals surface area contributed by atoms with Gasteiger partial charge < -0.3 is 15.0 Å². The van der Waals surface area contributed by atoms with E-state index in [1.54, 1.807) is 11.9 Å². The van der Waals surface area contributed by atoms with Gasteiger partial charge in [-0.2, -0.15) is 0 Å². The Bertz CT molecular complexity index is 494. The Morgan fingerprint density at radius 1 is 1.50 bits per heavy atom. The van der Waals surface area contributed by atoms with Crippen LogP contribution in [0.25, 0.3) is 0 Å². The fourth-order valence-corrected chi connectivity index (χ4v) is 2.25. The third-order valence-electron chi connectivity index (χ3n) is 3.20. The molecule has 1 aromatic rings. The van der Waals surface area contributed by atoms with Crippen LogP contribution in [0.1, 0.15) is 37.6 Å². The van der Waals surface area contributed by atoms with Crippen molar-refractivity contribution in [1.82, 2.24) is 15.2 Å². The van der Waals surface area contributed by atoms with Crippen LogP contribution >= 0.6 is 0 Å². The minimum absolute atomic E-state index is 0.314. The highest BCUT2D eigenvalue weighted by atomic mass is 16.6. The van der Waals surface area contributed by atoms with E-state index in [9.17, 15) is 4.79 Å². The predicted molar refractivity (Wildman–Crippen MR) is 77.3 cm³/mol. The first kappa shape index (κ1) is 14.8. The number of hydrogen-bond donors (Lipinski definition) is 1. The van der Waals surface area contributed by atoms with Crippen molar-refractivity contribution in [3.05, 3.63) is 29.1 Å². The van der Waals surface area contributed by atoms with E-state index in [0.717, 1.165) is 25.2 Å². The molecule has 5 heteroatoms. The van der Waals surface area contributed by atoms with Gasteiger partial charge in [-0.15, -0.1) is 0 Å². The maximum absolute atomic E-state index is 12.0. The lowest BCUT2D eigenvalue weighted by Crippen LogP contribution is -2.34. The second-order valence-corrected chi connectivity index (χ2v) is 6.16. The topological polar surface area (TPSA) is 54.5 Å². The molecule has 1 N–H and O–H groups in total. The zero-order chi connectivity index (χ0) is 14.8. The van der Waals surface area contributed by atoms with E-state index in [4.69, 9.17) is 4.74 Å². The van der Waals surface area contributed by atoms with Crippen molar-refractivity contribution in [3.8, 4) is 0 Å². The van der Waals surface area contributed by atoms with Crippen LogP contribution < -0.4 is 5.32 Å². The molecule has 2 rings (SSSR count). The Labute approximate surface area is 120 Å². The van der Waals surface area contributed by atoms with Crippen LogP contribution in [-0.2, 0) is 24.2 Å². The zero-order valence-corrected chi connectivity index (χ0v) is 12.7. The summed E-state index contributed by atoms with van der Waals surface area (Å²) in [5.74, 6) is 0. The second-order valence-electron chi connectivity index (χ2n) is 6.16. The Kier molecular flexibility index (Phi) is 4.28. The number of aromatic nitrogens is 1. The van der Waals surface area contributed by atoms with Crippen molar-refractivity contribution in [2.75, 3.05) is 13.6 Å². The molecule has 20 heavy (non-hydrogen) atoms. The van der Waals surface area contributed by atoms with Crippen molar-refractivity contribution >= 4 is 6.09 Å². The van der Waals surface area contributed by atoms with E-state index in [1.165, 1.54) is 11.1 Å². The molecule has 0 bridgehead atoms. The standard InChI is InChI=1S/C15H23N3O2/c1-15(2,3)20-14(19)18(4)10-13-12-6-7-16-9-11(12)5-8-17-13/h5,8,16H,6-7,9-10H2,1-4H3. The number of pyridine rings is 1. The summed E-state index contributed by atoms with van der Waals surface area (Å²) >= 11 is 0. The Hall–Kier alpha value is -1.62. The van der Waals surface area contributed by atoms with E-state index in [2.05, 4.69) is 10.3 Å². The van der Waals surface area contributed by atoms with Crippen molar-refractivity contribution in [2.45, 2.75) is 45.9 Å². The monoisotopic (exact) mass is 277 g/mol. The highest BCUT2D eigenvalue weighted by Crippen LogP contribution is 2.18. The normalized spacial score (nSPS) is 14.6. The third kappa shape index (κ3) is 3.70. The molecule has 0 aromatic carbocycles. The van der Waals surface area contributed by atoms with Gasteiger partial charge in [-0.05, 0) is 50.9 Å². The van der Waals surface area contributed by atoms with E-state index in [1.807, 2.05) is 33.0 Å². The molecule has 1 aliphatic rings. The number of fused-ring (bicyclic) bond motifs is 1. The SMILES string of the molecule is CN(Cc1nccc2c1CCNC2)C(=O)OC(C)(C)C. The lowest BCUT2D eigenvalue weighted by molar-refractivity contribution is 0.0282. The van der Waals surface area contributed by atoms with E-state index < -0.39 is 5.60 Å². The Morgan fingerprint density at radius 3 is 2.95 bits per heavy atom. The molecule has 0 spiro atoms. The minimum Gasteiger partial charge on any atom is -0.444 e. The number of nitrogens with one attached hydrogen (secondary N) is 1. The molecule has 0 saturated carbocycles. The number of amides is 1. The summed E-state index contributed by atoms with van der Waals surface area (Å²) in [6.45, 7) is 7.92. The van der Waals surface area contributed by atoms with Gasteiger partial charge in [0.1, 0.15) is 5.60 Å². The number of hydrogen-bond acceptors (Lipinski definition) is 4. The number of rotatable bonds is 2. The van der Waals surface area contributed by atoms with E-state index >= 15 is 0 Å². The largest absolute Gasteiger partial charge is 0.444 e. The highest BCUT2D eigenvalue weighted by Gasteiger charge is 2.21. The third-order valence-corrected chi connectivity index (χ3v) is 3.20. The molecule has 110 valence electrons. The molecular weight excluding hydrogens is 254 g/mol. The minimum atomic E-state index is -0.473. The first-order valence-corrected chi connectivity index (χ1v) is 6.97. The number of ether oxygens (including phenoxy) is 1. The van der Waals surface area contributed by atoms with Crippen LogP contribution in [0, 0.1) is 0 Å². The Balaban J connectivity index is 2.08. The van der Waals surface area contributed by atoms with Crippen LogP contribution in [0.4, 0.5) is 4.79 Å². The second kappa shape index (κ2) is 5.79. The van der Waals surface area contributed by atoms with Crippen LogP contribution in [0.2, 0.25) is 0 Å². The molecule has 1 amide bonds. The van der Waals surface area contributed by atoms with Gasteiger partial charge in [0.05, 0.1) is 12.2 Å². The highest BCUT2D eigenvalue weighted by molar-refractivity contribution is 5.67. The van der Waals surface area contributed by atoms with Crippen LogP contribution in [0.5, 0.6) is 0 Å². The average Bonchev–Trinajstić information content (AvgIpc) is 2.37. The summed E-state index contributed by atoms with van der Waals surface area (Å²) in [4.78, 5) is 18.0. The van der Waals surface area contributed by atoms with Crippen LogP contribution in [0.15, 0.2) is 12.3 Å². The van der Waals surface area contributed by atoms with Crippen molar-refractivity contribution in [3.63, 3.8) is 0 Å². The molecule has 1 aliphatic heterocycles. The molecule has 1 aromatic heterocycles. The molecule has 0 saturated heterocycles. The molecular formula is C15H23N3O2. The van der Waals surface area contributed by atoms with E-state index in [0.29, 0.717) is 6.54 Å². The lowest BCUT2D eigenvalue weighted by Gasteiger charge is -2.26. The molecule has 0 radical (unpaired) electrons. The maximum Gasteiger partial charge on any atom is 0.410 e. The number of carbonyl (C=O) groups excluding carboxylic acids is 1. The fraction of sp³-hybridized carbons (Fsp3) is 0.600. The molecule has 0 atom stereocenters. The molecule has 0 unspecified atom stereocenters. The summed E-state index contributed by atoms with van der Waals surface area (Å²) in [6, 6.07) is 2.04. The van der Waals surface area contributed by atoms with Gasteiger partial charge in [-0.3, -0.25) is 4.98 Å². The van der Waals surface area contributed by atoms with Crippen molar-refractivity contribution in [1.29, 1.82) is 0 Å². The smallest absolute Gasteiger partial charge is 0.410 e. The first-order chi connectivity index (χ1) is 9.37. The van der Waals surface area contributed by atoms with Gasteiger partial charge in [0, 0.05) is 19.8 Å². The first-order valence-electron chi connectivity index (χ1n) is 6.97. The quantitative estimate of drug-likeness (QED) is 0.899.